The summed E-state index contributed by atoms with van der Waals surface area (Å²) in [5.74, 6) is 0.327. The fraction of sp³-hybridized carbons (Fsp3) is 0.429. The lowest BCUT2D eigenvalue weighted by Crippen LogP contribution is -2.16. The van der Waals surface area contributed by atoms with Gasteiger partial charge in [0.2, 0.25) is 0 Å². The number of ether oxygens (including phenoxy) is 1. The van der Waals surface area contributed by atoms with E-state index in [2.05, 4.69) is 29.4 Å². The minimum absolute atomic E-state index is 0.327. The molecule has 0 bridgehead atoms. The molecule has 2 rings (SSSR count). The number of carbonyl (C=O) groups is 1. The fourth-order valence-corrected chi connectivity index (χ4v) is 2.52. The van der Waals surface area contributed by atoms with Crippen molar-refractivity contribution < 1.29 is 9.53 Å². The molecule has 0 radical (unpaired) electrons. The van der Waals surface area contributed by atoms with Crippen molar-refractivity contribution in [3.05, 3.63) is 23.8 Å². The second-order valence-electron chi connectivity index (χ2n) is 4.79. The summed E-state index contributed by atoms with van der Waals surface area (Å²) in [5.41, 5.74) is 2.17. The third-order valence-corrected chi connectivity index (χ3v) is 3.55. The molecule has 4 nitrogen and oxygen atoms in total. The Labute approximate surface area is 116 Å². The molecular formula is C14H18N2O2S. The third kappa shape index (κ3) is 3.67. The minimum atomic E-state index is -0.441. The maximum atomic E-state index is 11.6. The number of hydrogen-bond acceptors (Lipinski definition) is 4. The zero-order chi connectivity index (χ0) is 13.8. The number of aromatic nitrogens is 1. The van der Waals surface area contributed by atoms with E-state index in [0.29, 0.717) is 17.7 Å². The molecule has 1 heterocycles. The summed E-state index contributed by atoms with van der Waals surface area (Å²) in [7, 11) is 0. The van der Waals surface area contributed by atoms with E-state index in [9.17, 15) is 4.79 Å². The Bertz CT molecular complexity index is 578. The van der Waals surface area contributed by atoms with Crippen LogP contribution in [0.25, 0.3) is 10.2 Å². The highest BCUT2D eigenvalue weighted by atomic mass is 32.1. The van der Waals surface area contributed by atoms with Crippen LogP contribution in [0.2, 0.25) is 0 Å². The molecular weight excluding hydrogens is 260 g/mol. The van der Waals surface area contributed by atoms with Gasteiger partial charge in [0.1, 0.15) is 0 Å². The Kier molecular flexibility index (Phi) is 4.37. The first-order chi connectivity index (χ1) is 9.08. The van der Waals surface area contributed by atoms with Crippen LogP contribution in [-0.4, -0.2) is 17.7 Å². The Hall–Kier alpha value is -1.62. The average Bonchev–Trinajstić information content (AvgIpc) is 2.77. The Morgan fingerprint density at radius 2 is 2.26 bits per heavy atom. The molecule has 1 aromatic heterocycles. The molecule has 1 N–H and O–H groups in total. The van der Waals surface area contributed by atoms with Crippen molar-refractivity contribution in [1.29, 1.82) is 0 Å². The minimum Gasteiger partial charge on any atom is -0.449 e. The average molecular weight is 278 g/mol. The second-order valence-corrected chi connectivity index (χ2v) is 5.82. The van der Waals surface area contributed by atoms with Crippen LogP contribution in [0.5, 0.6) is 0 Å². The van der Waals surface area contributed by atoms with Crippen LogP contribution < -0.4 is 5.32 Å². The van der Waals surface area contributed by atoms with E-state index in [1.54, 1.807) is 0 Å². The molecule has 0 aliphatic carbocycles. The van der Waals surface area contributed by atoms with Crippen LogP contribution in [0.15, 0.2) is 18.2 Å². The van der Waals surface area contributed by atoms with Crippen molar-refractivity contribution in [2.75, 3.05) is 11.9 Å². The van der Waals surface area contributed by atoms with Crippen molar-refractivity contribution >= 4 is 32.8 Å². The summed E-state index contributed by atoms with van der Waals surface area (Å²) >= 11 is 1.47. The number of anilines is 1. The van der Waals surface area contributed by atoms with E-state index < -0.39 is 6.09 Å². The lowest BCUT2D eigenvalue weighted by atomic mass is 10.2. The normalized spacial score (nSPS) is 10.9. The van der Waals surface area contributed by atoms with Gasteiger partial charge in [-0.05, 0) is 30.0 Å². The van der Waals surface area contributed by atoms with Crippen LogP contribution in [0, 0.1) is 5.92 Å². The van der Waals surface area contributed by atoms with Crippen LogP contribution in [-0.2, 0) is 11.2 Å². The Morgan fingerprint density at radius 3 is 2.95 bits per heavy atom. The summed E-state index contributed by atoms with van der Waals surface area (Å²) < 4.78 is 6.15. The summed E-state index contributed by atoms with van der Waals surface area (Å²) in [6, 6.07) is 6.15. The first kappa shape index (κ1) is 13.8. The van der Waals surface area contributed by atoms with E-state index in [0.717, 1.165) is 16.6 Å². The number of aryl methyl sites for hydroxylation is 1. The molecule has 0 spiro atoms. The summed E-state index contributed by atoms with van der Waals surface area (Å²) in [6.07, 6.45) is 0.552. The Balaban J connectivity index is 2.06. The highest BCUT2D eigenvalue weighted by molar-refractivity contribution is 7.22. The second kappa shape index (κ2) is 6.02. The first-order valence-electron chi connectivity index (χ1n) is 6.41. The smallest absolute Gasteiger partial charge is 0.413 e. The number of hydrogen-bond donors (Lipinski definition) is 1. The predicted molar refractivity (Wildman–Crippen MR) is 78.8 cm³/mol. The molecule has 2 aromatic rings. The van der Waals surface area contributed by atoms with Gasteiger partial charge < -0.3 is 4.74 Å². The van der Waals surface area contributed by atoms with Gasteiger partial charge in [0.25, 0.3) is 0 Å². The van der Waals surface area contributed by atoms with Gasteiger partial charge in [-0.2, -0.15) is 0 Å². The number of amides is 1. The number of fused-ring (bicyclic) bond motifs is 1. The van der Waals surface area contributed by atoms with Gasteiger partial charge in [-0.15, -0.1) is 0 Å². The zero-order valence-corrected chi connectivity index (χ0v) is 12.2. The lowest BCUT2D eigenvalue weighted by molar-refractivity contribution is 0.147. The van der Waals surface area contributed by atoms with E-state index in [-0.39, 0.29) is 0 Å². The molecule has 0 fully saturated rings. The molecule has 1 amide bonds. The van der Waals surface area contributed by atoms with Crippen LogP contribution in [0.4, 0.5) is 9.93 Å². The van der Waals surface area contributed by atoms with Gasteiger partial charge in [-0.25, -0.2) is 9.78 Å². The highest BCUT2D eigenvalue weighted by Crippen LogP contribution is 2.27. The molecule has 0 atom stereocenters. The number of rotatable bonds is 4. The SMILES string of the molecule is CCc1ccc2nc(NC(=O)OCC(C)C)sc2c1. The van der Waals surface area contributed by atoms with Gasteiger partial charge >= 0.3 is 6.09 Å². The third-order valence-electron chi connectivity index (χ3n) is 2.62. The van der Waals surface area contributed by atoms with Crippen molar-refractivity contribution in [3.63, 3.8) is 0 Å². The number of nitrogens with one attached hydrogen (secondary N) is 1. The van der Waals surface area contributed by atoms with Crippen molar-refractivity contribution in [1.82, 2.24) is 4.98 Å². The first-order valence-corrected chi connectivity index (χ1v) is 7.23. The molecule has 5 heteroatoms. The van der Waals surface area contributed by atoms with Crippen LogP contribution >= 0.6 is 11.3 Å². The maximum absolute atomic E-state index is 11.6. The number of thiazole rings is 1. The van der Waals surface area contributed by atoms with E-state index in [1.165, 1.54) is 16.9 Å². The van der Waals surface area contributed by atoms with E-state index in [1.807, 2.05) is 19.9 Å². The van der Waals surface area contributed by atoms with Crippen molar-refractivity contribution in [3.8, 4) is 0 Å². The monoisotopic (exact) mass is 278 g/mol. The van der Waals surface area contributed by atoms with Gasteiger partial charge in [-0.3, -0.25) is 5.32 Å². The maximum Gasteiger partial charge on any atom is 0.413 e. The summed E-state index contributed by atoms with van der Waals surface area (Å²) in [5, 5.41) is 3.25. The molecule has 0 aliphatic heterocycles. The standard InChI is InChI=1S/C14H18N2O2S/c1-4-10-5-6-11-12(7-10)19-13(15-11)16-14(17)18-8-9(2)3/h5-7,9H,4,8H2,1-3H3,(H,15,16,17). The molecule has 0 saturated heterocycles. The zero-order valence-electron chi connectivity index (χ0n) is 11.4. The van der Waals surface area contributed by atoms with Gasteiger partial charge in [0.15, 0.2) is 5.13 Å². The Morgan fingerprint density at radius 1 is 1.47 bits per heavy atom. The summed E-state index contributed by atoms with van der Waals surface area (Å²) in [4.78, 5) is 15.9. The van der Waals surface area contributed by atoms with Gasteiger partial charge in [0, 0.05) is 0 Å². The topological polar surface area (TPSA) is 51.2 Å². The highest BCUT2D eigenvalue weighted by Gasteiger charge is 2.09. The summed E-state index contributed by atoms with van der Waals surface area (Å²) in [6.45, 7) is 6.52. The van der Waals surface area contributed by atoms with Gasteiger partial charge in [-0.1, -0.05) is 38.2 Å². The molecule has 1 aromatic carbocycles. The molecule has 0 saturated carbocycles. The van der Waals surface area contributed by atoms with Crippen LogP contribution in [0.1, 0.15) is 26.3 Å². The van der Waals surface area contributed by atoms with E-state index in [4.69, 9.17) is 4.74 Å². The quantitative estimate of drug-likeness (QED) is 0.917. The van der Waals surface area contributed by atoms with Gasteiger partial charge in [0.05, 0.1) is 16.8 Å². The largest absolute Gasteiger partial charge is 0.449 e. The number of carbonyl (C=O) groups excluding carboxylic acids is 1. The lowest BCUT2D eigenvalue weighted by Gasteiger charge is -2.06. The molecule has 102 valence electrons. The molecule has 0 aliphatic rings. The predicted octanol–water partition coefficient (Wildman–Crippen LogP) is 4.06. The number of benzene rings is 1. The van der Waals surface area contributed by atoms with Crippen molar-refractivity contribution in [2.45, 2.75) is 27.2 Å². The molecule has 0 unspecified atom stereocenters. The fourth-order valence-electron chi connectivity index (χ4n) is 1.61. The number of nitrogens with zero attached hydrogens (tertiary/aromatic N) is 1. The van der Waals surface area contributed by atoms with Crippen LogP contribution in [0.3, 0.4) is 0 Å². The van der Waals surface area contributed by atoms with Crippen molar-refractivity contribution in [2.24, 2.45) is 5.92 Å². The van der Waals surface area contributed by atoms with E-state index >= 15 is 0 Å². The molecule has 19 heavy (non-hydrogen) atoms.